The van der Waals surface area contributed by atoms with Crippen molar-refractivity contribution < 1.29 is 0 Å². The van der Waals surface area contributed by atoms with E-state index in [1.54, 1.807) is 0 Å². The number of H-pyrrole nitrogens is 1. The van der Waals surface area contributed by atoms with Gasteiger partial charge in [-0.3, -0.25) is 4.79 Å². The molecule has 0 saturated heterocycles. The van der Waals surface area contributed by atoms with Gasteiger partial charge >= 0.3 is 0 Å². The van der Waals surface area contributed by atoms with Crippen LogP contribution in [0.4, 0.5) is 0 Å². The first-order chi connectivity index (χ1) is 11.2. The molecule has 1 unspecified atom stereocenters. The molecule has 2 aliphatic rings. The summed E-state index contributed by atoms with van der Waals surface area (Å²) in [7, 11) is 0. The Morgan fingerprint density at radius 3 is 2.83 bits per heavy atom. The SMILES string of the molecule is CCc1cc(C2CC=C(CNC3CCCCC3)S2)c(C)[nH]c1=O. The normalized spacial score (nSPS) is 22.3. The zero-order valence-electron chi connectivity index (χ0n) is 14.3. The minimum absolute atomic E-state index is 0.0731. The Kier molecular flexibility index (Phi) is 5.65. The molecule has 23 heavy (non-hydrogen) atoms. The van der Waals surface area contributed by atoms with Crippen LogP contribution < -0.4 is 10.9 Å². The van der Waals surface area contributed by atoms with Gasteiger partial charge in [0.1, 0.15) is 0 Å². The van der Waals surface area contributed by atoms with Gasteiger partial charge < -0.3 is 10.3 Å². The molecule has 3 rings (SSSR count). The molecule has 1 aromatic rings. The van der Waals surface area contributed by atoms with E-state index in [1.807, 2.05) is 25.6 Å². The van der Waals surface area contributed by atoms with Crippen LogP contribution in [-0.4, -0.2) is 17.6 Å². The average Bonchev–Trinajstić information content (AvgIpc) is 3.03. The Balaban J connectivity index is 1.59. The second-order valence-electron chi connectivity index (χ2n) is 6.79. The number of aromatic amines is 1. The number of hydrogen-bond acceptors (Lipinski definition) is 3. The molecule has 1 aliphatic heterocycles. The summed E-state index contributed by atoms with van der Waals surface area (Å²) >= 11 is 1.97. The van der Waals surface area contributed by atoms with E-state index in [1.165, 1.54) is 42.6 Å². The molecule has 1 atom stereocenters. The number of allylic oxidation sites excluding steroid dienone is 1. The molecule has 4 heteroatoms. The molecule has 0 aromatic carbocycles. The van der Waals surface area contributed by atoms with Crippen LogP contribution in [-0.2, 0) is 6.42 Å². The van der Waals surface area contributed by atoms with E-state index in [-0.39, 0.29) is 5.56 Å². The van der Waals surface area contributed by atoms with Gasteiger partial charge in [-0.15, -0.1) is 11.8 Å². The summed E-state index contributed by atoms with van der Waals surface area (Å²) in [5.41, 5.74) is 3.30. The van der Waals surface area contributed by atoms with Crippen LogP contribution in [0.1, 0.15) is 67.5 Å². The molecule has 0 amide bonds. The van der Waals surface area contributed by atoms with Gasteiger partial charge in [0.05, 0.1) is 0 Å². The molecule has 0 radical (unpaired) electrons. The van der Waals surface area contributed by atoms with Gasteiger partial charge in [0.15, 0.2) is 0 Å². The summed E-state index contributed by atoms with van der Waals surface area (Å²) in [5.74, 6) is 0. The van der Waals surface area contributed by atoms with E-state index in [4.69, 9.17) is 0 Å². The third-order valence-electron chi connectivity index (χ3n) is 5.11. The average molecular weight is 333 g/mol. The first kappa shape index (κ1) is 16.8. The van der Waals surface area contributed by atoms with E-state index < -0.39 is 0 Å². The minimum atomic E-state index is 0.0731. The maximum Gasteiger partial charge on any atom is 0.251 e. The van der Waals surface area contributed by atoms with E-state index in [0.717, 1.165) is 30.6 Å². The second-order valence-corrected chi connectivity index (χ2v) is 8.12. The van der Waals surface area contributed by atoms with Crippen molar-refractivity contribution in [1.82, 2.24) is 10.3 Å². The summed E-state index contributed by atoms with van der Waals surface area (Å²) in [4.78, 5) is 16.4. The standard InChI is InChI=1S/C19H28N2OS/c1-3-14-11-17(13(2)21-19(14)22)18-10-9-16(23-18)12-20-15-7-5-4-6-8-15/h9,11,15,18,20H,3-8,10,12H2,1-2H3,(H,21,22). The lowest BCUT2D eigenvalue weighted by molar-refractivity contribution is 0.384. The van der Waals surface area contributed by atoms with Crippen molar-refractivity contribution in [3.05, 3.63) is 44.2 Å². The fraction of sp³-hybridized carbons (Fsp3) is 0.632. The van der Waals surface area contributed by atoms with Gasteiger partial charge in [0, 0.05) is 29.1 Å². The van der Waals surface area contributed by atoms with E-state index >= 15 is 0 Å². The van der Waals surface area contributed by atoms with Crippen molar-refractivity contribution in [2.24, 2.45) is 0 Å². The summed E-state index contributed by atoms with van der Waals surface area (Å²) in [6.45, 7) is 5.08. The molecular formula is C19H28N2OS. The Labute approximate surface area is 143 Å². The van der Waals surface area contributed by atoms with Gasteiger partial charge in [-0.2, -0.15) is 0 Å². The maximum atomic E-state index is 11.9. The number of thioether (sulfide) groups is 1. The lowest BCUT2D eigenvalue weighted by atomic mass is 9.95. The number of nitrogens with one attached hydrogen (secondary N) is 2. The monoisotopic (exact) mass is 332 g/mol. The van der Waals surface area contributed by atoms with E-state index in [2.05, 4.69) is 22.4 Å². The first-order valence-electron chi connectivity index (χ1n) is 8.99. The fourth-order valence-corrected chi connectivity index (χ4v) is 4.94. The van der Waals surface area contributed by atoms with Crippen LogP contribution in [0.15, 0.2) is 21.8 Å². The summed E-state index contributed by atoms with van der Waals surface area (Å²) < 4.78 is 0. The predicted molar refractivity (Wildman–Crippen MR) is 99.1 cm³/mol. The molecule has 1 fully saturated rings. The van der Waals surface area contributed by atoms with Crippen molar-refractivity contribution in [2.75, 3.05) is 6.54 Å². The molecule has 0 spiro atoms. The van der Waals surface area contributed by atoms with Crippen LogP contribution in [0.3, 0.4) is 0 Å². The van der Waals surface area contributed by atoms with Gasteiger partial charge in [0.2, 0.25) is 0 Å². The number of rotatable bonds is 5. The molecule has 1 aromatic heterocycles. The topological polar surface area (TPSA) is 44.9 Å². The molecule has 1 saturated carbocycles. The van der Waals surface area contributed by atoms with Gasteiger partial charge in [-0.05, 0) is 49.1 Å². The molecule has 126 valence electrons. The van der Waals surface area contributed by atoms with Crippen LogP contribution >= 0.6 is 11.8 Å². The number of aryl methyl sites for hydroxylation is 2. The second kappa shape index (κ2) is 7.71. The molecule has 1 aliphatic carbocycles. The summed E-state index contributed by atoms with van der Waals surface area (Å²) in [6, 6.07) is 2.84. The van der Waals surface area contributed by atoms with E-state index in [0.29, 0.717) is 11.3 Å². The van der Waals surface area contributed by atoms with Crippen LogP contribution in [0.25, 0.3) is 0 Å². The fourth-order valence-electron chi connectivity index (χ4n) is 3.65. The van der Waals surface area contributed by atoms with Gasteiger partial charge in [0.25, 0.3) is 5.56 Å². The van der Waals surface area contributed by atoms with Crippen molar-refractivity contribution in [1.29, 1.82) is 0 Å². The minimum Gasteiger partial charge on any atom is -0.326 e. The number of pyridine rings is 1. The largest absolute Gasteiger partial charge is 0.326 e. The lowest BCUT2D eigenvalue weighted by Crippen LogP contribution is -2.31. The van der Waals surface area contributed by atoms with Crippen molar-refractivity contribution in [3.8, 4) is 0 Å². The highest BCUT2D eigenvalue weighted by Crippen LogP contribution is 2.44. The third kappa shape index (κ3) is 4.10. The van der Waals surface area contributed by atoms with Crippen molar-refractivity contribution in [2.45, 2.75) is 70.1 Å². The molecule has 3 nitrogen and oxygen atoms in total. The lowest BCUT2D eigenvalue weighted by Gasteiger charge is -2.23. The smallest absolute Gasteiger partial charge is 0.251 e. The zero-order chi connectivity index (χ0) is 16.2. The summed E-state index contributed by atoms with van der Waals surface area (Å²) in [6.07, 6.45) is 11.1. The van der Waals surface area contributed by atoms with Crippen LogP contribution in [0.2, 0.25) is 0 Å². The van der Waals surface area contributed by atoms with Gasteiger partial charge in [-0.1, -0.05) is 32.3 Å². The maximum absolute atomic E-state index is 11.9. The van der Waals surface area contributed by atoms with Gasteiger partial charge in [-0.25, -0.2) is 0 Å². The molecular weight excluding hydrogens is 304 g/mol. The molecule has 0 bridgehead atoms. The van der Waals surface area contributed by atoms with Crippen LogP contribution in [0.5, 0.6) is 0 Å². The summed E-state index contributed by atoms with van der Waals surface area (Å²) in [5, 5.41) is 4.19. The zero-order valence-corrected chi connectivity index (χ0v) is 15.1. The molecule has 2 N–H and O–H groups in total. The highest BCUT2D eigenvalue weighted by molar-refractivity contribution is 8.03. The Morgan fingerprint density at radius 2 is 2.09 bits per heavy atom. The van der Waals surface area contributed by atoms with Crippen molar-refractivity contribution in [3.63, 3.8) is 0 Å². The molecule has 2 heterocycles. The highest BCUT2D eigenvalue weighted by atomic mass is 32.2. The quantitative estimate of drug-likeness (QED) is 0.848. The highest BCUT2D eigenvalue weighted by Gasteiger charge is 2.23. The number of hydrogen-bond donors (Lipinski definition) is 2. The first-order valence-corrected chi connectivity index (χ1v) is 9.87. The Hall–Kier alpha value is -1.00. The Bertz CT molecular complexity index is 629. The third-order valence-corrected chi connectivity index (χ3v) is 6.45. The van der Waals surface area contributed by atoms with Crippen LogP contribution in [0, 0.1) is 6.92 Å². The Morgan fingerprint density at radius 1 is 1.30 bits per heavy atom. The number of aromatic nitrogens is 1. The van der Waals surface area contributed by atoms with Crippen molar-refractivity contribution >= 4 is 11.8 Å². The van der Waals surface area contributed by atoms with E-state index in [9.17, 15) is 4.79 Å². The predicted octanol–water partition coefficient (Wildman–Crippen LogP) is 4.23.